The molecule has 1 aromatic rings. The van der Waals surface area contributed by atoms with Gasteiger partial charge in [0.2, 0.25) is 11.0 Å². The number of carbonyl (C=O) groups is 2. The standard InChI is InChI=1S/C15H25N5O2S2/c1-5-10(2)23-14-18-17-13(24-14)16-12(21)11-7-6-8-20(9-11)15(22)19(3)4/h10-11H,5-9H2,1-4H3,(H,16,17,21). The molecule has 0 aromatic carbocycles. The van der Waals surface area contributed by atoms with E-state index in [9.17, 15) is 9.59 Å². The van der Waals surface area contributed by atoms with Crippen molar-refractivity contribution in [2.24, 2.45) is 5.92 Å². The van der Waals surface area contributed by atoms with Crippen LogP contribution in [-0.2, 0) is 4.79 Å². The van der Waals surface area contributed by atoms with Crippen molar-refractivity contribution in [3.05, 3.63) is 0 Å². The van der Waals surface area contributed by atoms with Crippen molar-refractivity contribution in [1.29, 1.82) is 0 Å². The van der Waals surface area contributed by atoms with Crippen LogP contribution in [0, 0.1) is 5.92 Å². The van der Waals surface area contributed by atoms with Crippen molar-refractivity contribution in [2.45, 2.75) is 42.7 Å². The van der Waals surface area contributed by atoms with Gasteiger partial charge < -0.3 is 15.1 Å². The first kappa shape index (κ1) is 19.0. The highest BCUT2D eigenvalue weighted by Gasteiger charge is 2.29. The van der Waals surface area contributed by atoms with Crippen LogP contribution in [0.2, 0.25) is 0 Å². The van der Waals surface area contributed by atoms with Crippen LogP contribution < -0.4 is 5.32 Å². The van der Waals surface area contributed by atoms with Gasteiger partial charge in [-0.3, -0.25) is 4.79 Å². The number of urea groups is 1. The van der Waals surface area contributed by atoms with Crippen LogP contribution in [0.4, 0.5) is 9.93 Å². The van der Waals surface area contributed by atoms with Gasteiger partial charge in [0.05, 0.1) is 5.92 Å². The first-order valence-electron chi connectivity index (χ1n) is 8.18. The van der Waals surface area contributed by atoms with Crippen LogP contribution in [0.15, 0.2) is 4.34 Å². The van der Waals surface area contributed by atoms with Gasteiger partial charge in [0.15, 0.2) is 4.34 Å². The van der Waals surface area contributed by atoms with E-state index >= 15 is 0 Å². The summed E-state index contributed by atoms with van der Waals surface area (Å²) >= 11 is 3.07. The van der Waals surface area contributed by atoms with Gasteiger partial charge in [-0.1, -0.05) is 36.9 Å². The quantitative estimate of drug-likeness (QED) is 0.636. The molecule has 1 aliphatic heterocycles. The first-order chi connectivity index (χ1) is 11.4. The molecule has 1 fully saturated rings. The predicted molar refractivity (Wildman–Crippen MR) is 97.5 cm³/mol. The first-order valence-corrected chi connectivity index (χ1v) is 9.87. The normalized spacial score (nSPS) is 19.0. The molecule has 0 saturated carbocycles. The lowest BCUT2D eigenvalue weighted by Crippen LogP contribution is -2.47. The Morgan fingerprint density at radius 2 is 2.21 bits per heavy atom. The van der Waals surface area contributed by atoms with Crippen LogP contribution in [-0.4, -0.2) is 64.4 Å². The Morgan fingerprint density at radius 1 is 1.46 bits per heavy atom. The summed E-state index contributed by atoms with van der Waals surface area (Å²) < 4.78 is 0.868. The Balaban J connectivity index is 1.91. The number of thioether (sulfide) groups is 1. The zero-order chi connectivity index (χ0) is 17.7. The summed E-state index contributed by atoms with van der Waals surface area (Å²) in [6.45, 7) is 5.43. The van der Waals surface area contributed by atoms with E-state index in [-0.39, 0.29) is 17.9 Å². The summed E-state index contributed by atoms with van der Waals surface area (Å²) in [5.41, 5.74) is 0. The minimum absolute atomic E-state index is 0.0457. The molecule has 2 unspecified atom stereocenters. The molecule has 0 bridgehead atoms. The number of rotatable bonds is 5. The molecule has 2 atom stereocenters. The third-order valence-electron chi connectivity index (χ3n) is 3.96. The number of nitrogens with one attached hydrogen (secondary N) is 1. The van der Waals surface area contributed by atoms with E-state index in [0.29, 0.717) is 23.5 Å². The Morgan fingerprint density at radius 3 is 2.88 bits per heavy atom. The van der Waals surface area contributed by atoms with E-state index < -0.39 is 0 Å². The molecule has 1 N–H and O–H groups in total. The number of likely N-dealkylation sites (tertiary alicyclic amines) is 1. The van der Waals surface area contributed by atoms with Gasteiger partial charge in [-0.15, -0.1) is 10.2 Å². The molecule has 0 radical (unpaired) electrons. The van der Waals surface area contributed by atoms with Crippen molar-refractivity contribution in [3.63, 3.8) is 0 Å². The smallest absolute Gasteiger partial charge is 0.319 e. The van der Waals surface area contributed by atoms with E-state index in [0.717, 1.165) is 23.6 Å². The van der Waals surface area contributed by atoms with Crippen molar-refractivity contribution in [2.75, 3.05) is 32.5 Å². The van der Waals surface area contributed by atoms with Gasteiger partial charge in [-0.2, -0.15) is 0 Å². The van der Waals surface area contributed by atoms with Gasteiger partial charge >= 0.3 is 6.03 Å². The third kappa shape index (κ3) is 5.07. The second-order valence-electron chi connectivity index (χ2n) is 6.16. The molecule has 2 rings (SSSR count). The monoisotopic (exact) mass is 371 g/mol. The number of piperidine rings is 1. The summed E-state index contributed by atoms with van der Waals surface area (Å²) in [5, 5.41) is 12.0. The highest BCUT2D eigenvalue weighted by Crippen LogP contribution is 2.30. The van der Waals surface area contributed by atoms with E-state index in [1.165, 1.54) is 11.3 Å². The van der Waals surface area contributed by atoms with Crippen molar-refractivity contribution in [3.8, 4) is 0 Å². The minimum atomic E-state index is -0.197. The van der Waals surface area contributed by atoms with Crippen molar-refractivity contribution >= 4 is 40.2 Å². The van der Waals surface area contributed by atoms with Crippen LogP contribution in [0.25, 0.3) is 0 Å². The van der Waals surface area contributed by atoms with Gasteiger partial charge in [-0.25, -0.2) is 4.79 Å². The fourth-order valence-electron chi connectivity index (χ4n) is 2.42. The van der Waals surface area contributed by atoms with Gasteiger partial charge in [0.25, 0.3) is 0 Å². The zero-order valence-corrected chi connectivity index (χ0v) is 16.2. The van der Waals surface area contributed by atoms with E-state index in [1.54, 1.807) is 35.7 Å². The summed E-state index contributed by atoms with van der Waals surface area (Å²) in [7, 11) is 3.45. The van der Waals surface area contributed by atoms with E-state index in [1.807, 2.05) is 0 Å². The summed E-state index contributed by atoms with van der Waals surface area (Å²) in [6.07, 6.45) is 2.68. The largest absolute Gasteiger partial charge is 0.331 e. The number of anilines is 1. The molecule has 24 heavy (non-hydrogen) atoms. The maximum atomic E-state index is 12.5. The lowest BCUT2D eigenvalue weighted by molar-refractivity contribution is -0.121. The predicted octanol–water partition coefficient (Wildman–Crippen LogP) is 2.76. The molecule has 9 heteroatoms. The molecule has 0 aliphatic carbocycles. The Kier molecular flexibility index (Phi) is 6.85. The van der Waals surface area contributed by atoms with Crippen LogP contribution in [0.3, 0.4) is 0 Å². The lowest BCUT2D eigenvalue weighted by atomic mass is 9.97. The molecule has 1 aromatic heterocycles. The molecule has 1 saturated heterocycles. The molecular formula is C15H25N5O2S2. The summed E-state index contributed by atoms with van der Waals surface area (Å²) in [4.78, 5) is 27.8. The summed E-state index contributed by atoms with van der Waals surface area (Å²) in [5.74, 6) is -0.278. The number of amides is 3. The molecule has 3 amide bonds. The van der Waals surface area contributed by atoms with Gasteiger partial charge in [0, 0.05) is 32.4 Å². The topological polar surface area (TPSA) is 78.4 Å². The second kappa shape index (κ2) is 8.66. The number of hydrogen-bond acceptors (Lipinski definition) is 6. The second-order valence-corrected chi connectivity index (χ2v) is 8.82. The van der Waals surface area contributed by atoms with Gasteiger partial charge in [-0.05, 0) is 19.3 Å². The number of hydrogen-bond donors (Lipinski definition) is 1. The number of nitrogens with zero attached hydrogens (tertiary/aromatic N) is 4. The molecule has 7 nitrogen and oxygen atoms in total. The lowest BCUT2D eigenvalue weighted by Gasteiger charge is -2.33. The Labute approximate surface area is 151 Å². The van der Waals surface area contributed by atoms with Crippen molar-refractivity contribution < 1.29 is 9.59 Å². The molecule has 134 valence electrons. The molecule has 2 heterocycles. The average molecular weight is 372 g/mol. The van der Waals surface area contributed by atoms with E-state index in [4.69, 9.17) is 0 Å². The van der Waals surface area contributed by atoms with Crippen LogP contribution in [0.5, 0.6) is 0 Å². The SMILES string of the molecule is CCC(C)Sc1nnc(NC(=O)C2CCCN(C(=O)N(C)C)C2)s1. The average Bonchev–Trinajstić information content (AvgIpc) is 3.00. The van der Waals surface area contributed by atoms with Crippen LogP contribution in [0.1, 0.15) is 33.1 Å². The highest BCUT2D eigenvalue weighted by molar-refractivity contribution is 8.01. The molecule has 1 aliphatic rings. The fourth-order valence-corrected chi connectivity index (χ4v) is 4.42. The van der Waals surface area contributed by atoms with E-state index in [2.05, 4.69) is 29.4 Å². The van der Waals surface area contributed by atoms with Crippen LogP contribution >= 0.6 is 23.1 Å². The molecule has 0 spiro atoms. The number of carbonyl (C=O) groups excluding carboxylic acids is 2. The maximum Gasteiger partial charge on any atom is 0.319 e. The Hall–Kier alpha value is -1.35. The van der Waals surface area contributed by atoms with Gasteiger partial charge in [0.1, 0.15) is 0 Å². The highest BCUT2D eigenvalue weighted by atomic mass is 32.2. The number of aromatic nitrogens is 2. The maximum absolute atomic E-state index is 12.5. The fraction of sp³-hybridized carbons (Fsp3) is 0.733. The van der Waals surface area contributed by atoms with Crippen molar-refractivity contribution in [1.82, 2.24) is 20.0 Å². The minimum Gasteiger partial charge on any atom is -0.331 e. The third-order valence-corrected chi connectivity index (χ3v) is 6.15. The zero-order valence-electron chi connectivity index (χ0n) is 14.6. The summed E-state index contributed by atoms with van der Waals surface area (Å²) in [6, 6.07) is -0.0457. The Bertz CT molecular complexity index is 578. The molecular weight excluding hydrogens is 346 g/mol.